The number of non-ortho nitro benzene ring substituents is 1. The SMILES string of the molecule is CCOC(=O)[C@@]12C[C@H]1/C=C\CCCCCN(Cc1ccc(OC)cc1)C(=O)N1C[C@H](OC(=O)c3ccc([N+](=O)[O-])cc3)C[C@H]1C(=O)N2. The molecule has 2 aromatic rings. The topological polar surface area (TPSA) is 158 Å². The lowest BCUT2D eigenvalue weighted by molar-refractivity contribution is -0.384. The highest BCUT2D eigenvalue weighted by molar-refractivity contribution is 5.95. The van der Waals surface area contributed by atoms with Crippen LogP contribution in [0.15, 0.2) is 60.7 Å². The second-order valence-electron chi connectivity index (χ2n) is 12.1. The molecule has 4 atom stereocenters. The molecular weight excluding hydrogens is 608 g/mol. The summed E-state index contributed by atoms with van der Waals surface area (Å²) in [6, 6.07) is 11.0. The summed E-state index contributed by atoms with van der Waals surface area (Å²) in [7, 11) is 1.58. The standard InChI is InChI=1S/C34H40N4O9/c1-3-46-32(41)34-20-25(34)9-7-5-4-6-8-18-36(21-23-10-16-27(45-2)17-11-23)33(42)37-22-28(19-29(37)30(39)35-34)47-31(40)24-12-14-26(15-13-24)38(43)44/h7,9-17,25,28-29H,3-6,8,18-22H2,1-2H3,(H,35,39)/b9-7-/t25-,28-,29+,34-/m1/s1. The maximum Gasteiger partial charge on any atom is 0.338 e. The zero-order valence-electron chi connectivity index (χ0n) is 26.6. The Hall–Kier alpha value is -4.94. The molecule has 0 unspecified atom stereocenters. The number of methoxy groups -OCH3 is 1. The third kappa shape index (κ3) is 7.72. The van der Waals surface area contributed by atoms with Gasteiger partial charge in [0, 0.05) is 37.6 Å². The number of nitro groups is 1. The van der Waals surface area contributed by atoms with Crippen molar-refractivity contribution < 1.29 is 38.3 Å². The van der Waals surface area contributed by atoms with Crippen LogP contribution in [0.4, 0.5) is 10.5 Å². The number of carbonyl (C=O) groups excluding carboxylic acids is 4. The number of rotatable bonds is 8. The zero-order valence-corrected chi connectivity index (χ0v) is 26.6. The number of urea groups is 1. The molecule has 13 nitrogen and oxygen atoms in total. The van der Waals surface area contributed by atoms with Gasteiger partial charge in [0.2, 0.25) is 5.91 Å². The molecule has 3 aliphatic rings. The van der Waals surface area contributed by atoms with Gasteiger partial charge in [0.1, 0.15) is 23.4 Å². The highest BCUT2D eigenvalue weighted by Crippen LogP contribution is 2.46. The van der Waals surface area contributed by atoms with Crippen LogP contribution in [-0.2, 0) is 25.6 Å². The lowest BCUT2D eigenvalue weighted by atomic mass is 10.1. The van der Waals surface area contributed by atoms with Crippen molar-refractivity contribution in [1.82, 2.24) is 15.1 Å². The number of carbonyl (C=O) groups is 4. The molecule has 2 fully saturated rings. The second kappa shape index (κ2) is 14.7. The van der Waals surface area contributed by atoms with Gasteiger partial charge in [-0.25, -0.2) is 14.4 Å². The van der Waals surface area contributed by atoms with Gasteiger partial charge < -0.3 is 29.3 Å². The number of benzene rings is 2. The van der Waals surface area contributed by atoms with Crippen LogP contribution in [0.2, 0.25) is 0 Å². The average molecular weight is 649 g/mol. The minimum Gasteiger partial charge on any atom is -0.497 e. The lowest BCUT2D eigenvalue weighted by Gasteiger charge is -2.32. The van der Waals surface area contributed by atoms with E-state index in [0.717, 1.165) is 31.2 Å². The summed E-state index contributed by atoms with van der Waals surface area (Å²) in [5, 5.41) is 14.0. The molecule has 1 saturated carbocycles. The van der Waals surface area contributed by atoms with E-state index in [1.54, 1.807) is 18.9 Å². The van der Waals surface area contributed by atoms with Gasteiger partial charge >= 0.3 is 18.0 Å². The third-order valence-electron chi connectivity index (χ3n) is 8.87. The minimum atomic E-state index is -1.23. The molecule has 1 saturated heterocycles. The van der Waals surface area contributed by atoms with Gasteiger partial charge in [-0.2, -0.15) is 0 Å². The molecule has 2 aliphatic heterocycles. The van der Waals surface area contributed by atoms with Gasteiger partial charge in [0.05, 0.1) is 30.7 Å². The molecule has 0 aromatic heterocycles. The highest BCUT2D eigenvalue weighted by Gasteiger charge is 2.62. The largest absolute Gasteiger partial charge is 0.497 e. The quantitative estimate of drug-likeness (QED) is 0.190. The van der Waals surface area contributed by atoms with Crippen LogP contribution in [-0.4, -0.2) is 83.1 Å². The molecule has 3 amide bonds. The summed E-state index contributed by atoms with van der Waals surface area (Å²) in [6.45, 7) is 2.54. The zero-order chi connectivity index (χ0) is 33.6. The van der Waals surface area contributed by atoms with Crippen LogP contribution in [0.25, 0.3) is 0 Å². The maximum atomic E-state index is 14.3. The summed E-state index contributed by atoms with van der Waals surface area (Å²) in [4.78, 5) is 68.0. The fourth-order valence-electron chi connectivity index (χ4n) is 6.17. The van der Waals surface area contributed by atoms with Crippen molar-refractivity contribution in [2.45, 2.75) is 69.7 Å². The maximum absolute atomic E-state index is 14.3. The molecule has 0 spiro atoms. The summed E-state index contributed by atoms with van der Waals surface area (Å²) in [6.07, 6.45) is 6.88. The molecule has 47 heavy (non-hydrogen) atoms. The first-order valence-corrected chi connectivity index (χ1v) is 15.9. The van der Waals surface area contributed by atoms with Gasteiger partial charge in [-0.1, -0.05) is 30.7 Å². The Bertz CT molecular complexity index is 1510. The van der Waals surface area contributed by atoms with E-state index < -0.39 is 40.5 Å². The van der Waals surface area contributed by atoms with Crippen LogP contribution in [0.5, 0.6) is 5.75 Å². The first-order chi connectivity index (χ1) is 22.6. The first-order valence-electron chi connectivity index (χ1n) is 15.9. The van der Waals surface area contributed by atoms with E-state index in [2.05, 4.69) is 5.32 Å². The van der Waals surface area contributed by atoms with Gasteiger partial charge in [0.15, 0.2) is 0 Å². The van der Waals surface area contributed by atoms with Crippen molar-refractivity contribution >= 4 is 29.6 Å². The predicted octanol–water partition coefficient (Wildman–Crippen LogP) is 4.39. The number of hydrogen-bond donors (Lipinski definition) is 1. The van der Waals surface area contributed by atoms with Gasteiger partial charge in [-0.05, 0) is 62.4 Å². The molecule has 1 N–H and O–H groups in total. The number of hydrogen-bond acceptors (Lipinski definition) is 9. The fraction of sp³-hybridized carbons (Fsp3) is 0.471. The van der Waals surface area contributed by atoms with E-state index in [0.29, 0.717) is 18.7 Å². The molecule has 5 rings (SSSR count). The number of amides is 3. The number of nitro benzene ring substituents is 1. The highest BCUT2D eigenvalue weighted by atomic mass is 16.6. The van der Waals surface area contributed by atoms with Gasteiger partial charge in [-0.15, -0.1) is 0 Å². The Morgan fingerprint density at radius 3 is 2.49 bits per heavy atom. The van der Waals surface area contributed by atoms with E-state index in [9.17, 15) is 29.3 Å². The minimum absolute atomic E-state index is 0.00603. The monoisotopic (exact) mass is 648 g/mol. The van der Waals surface area contributed by atoms with Crippen molar-refractivity contribution in [2.24, 2.45) is 5.92 Å². The Morgan fingerprint density at radius 1 is 1.06 bits per heavy atom. The second-order valence-corrected chi connectivity index (χ2v) is 12.1. The molecule has 13 heteroatoms. The molecule has 0 bridgehead atoms. The molecule has 250 valence electrons. The number of nitrogens with one attached hydrogen (secondary N) is 1. The number of esters is 2. The van der Waals surface area contributed by atoms with Crippen LogP contribution in [0, 0.1) is 16.0 Å². The molecule has 2 heterocycles. The Labute approximate surface area is 273 Å². The van der Waals surface area contributed by atoms with Gasteiger partial charge in [0.25, 0.3) is 5.69 Å². The van der Waals surface area contributed by atoms with Gasteiger partial charge in [-0.3, -0.25) is 14.9 Å². The summed E-state index contributed by atoms with van der Waals surface area (Å²) < 4.78 is 16.4. The van der Waals surface area contributed by atoms with E-state index in [1.165, 1.54) is 29.2 Å². The smallest absolute Gasteiger partial charge is 0.338 e. The molecule has 2 aromatic carbocycles. The molecular formula is C34H40N4O9. The third-order valence-corrected chi connectivity index (χ3v) is 8.87. The van der Waals surface area contributed by atoms with E-state index in [1.807, 2.05) is 36.4 Å². The van der Waals surface area contributed by atoms with Crippen LogP contribution in [0.1, 0.15) is 61.4 Å². The Morgan fingerprint density at radius 2 is 1.81 bits per heavy atom. The van der Waals surface area contributed by atoms with Crippen molar-refractivity contribution in [3.05, 3.63) is 81.9 Å². The molecule has 0 radical (unpaired) electrons. The average Bonchev–Trinajstić information content (AvgIpc) is 3.60. The number of nitrogens with zero attached hydrogens (tertiary/aromatic N) is 3. The van der Waals surface area contributed by atoms with Crippen molar-refractivity contribution in [1.29, 1.82) is 0 Å². The Balaban J connectivity index is 1.42. The lowest BCUT2D eigenvalue weighted by Crippen LogP contribution is -2.55. The van der Waals surface area contributed by atoms with E-state index in [-0.39, 0.29) is 49.3 Å². The number of allylic oxidation sites excluding steroid dienone is 1. The van der Waals surface area contributed by atoms with Crippen LogP contribution >= 0.6 is 0 Å². The van der Waals surface area contributed by atoms with Crippen molar-refractivity contribution in [3.8, 4) is 5.75 Å². The predicted molar refractivity (Wildman–Crippen MR) is 169 cm³/mol. The summed E-state index contributed by atoms with van der Waals surface area (Å²) in [5.74, 6) is -1.33. The van der Waals surface area contributed by atoms with E-state index in [4.69, 9.17) is 14.2 Å². The van der Waals surface area contributed by atoms with Crippen LogP contribution in [0.3, 0.4) is 0 Å². The molecule has 1 aliphatic carbocycles. The number of fused-ring (bicyclic) bond motifs is 2. The Kier molecular flexibility index (Phi) is 10.4. The summed E-state index contributed by atoms with van der Waals surface area (Å²) >= 11 is 0. The number of ether oxygens (including phenoxy) is 3. The van der Waals surface area contributed by atoms with Crippen molar-refractivity contribution in [2.75, 3.05) is 26.8 Å². The van der Waals surface area contributed by atoms with Crippen molar-refractivity contribution in [3.63, 3.8) is 0 Å². The normalized spacial score (nSPS) is 25.3. The fourth-order valence-corrected chi connectivity index (χ4v) is 6.17. The van der Waals surface area contributed by atoms with E-state index >= 15 is 0 Å². The first kappa shape index (κ1) is 33.4. The van der Waals surface area contributed by atoms with Crippen LogP contribution < -0.4 is 10.1 Å². The summed E-state index contributed by atoms with van der Waals surface area (Å²) in [5.41, 5.74) is -0.417.